The number of nitrogens with zero attached hydrogens (tertiary/aromatic N) is 2. The minimum atomic E-state index is 0.347. The molecule has 0 aromatic carbocycles. The first-order valence-corrected chi connectivity index (χ1v) is 5.40. The van der Waals surface area contributed by atoms with Gasteiger partial charge in [-0.25, -0.2) is 4.98 Å². The number of hydrogen-bond acceptors (Lipinski definition) is 2. The molecule has 1 aromatic rings. The lowest BCUT2D eigenvalue weighted by atomic mass is 10.1. The van der Waals surface area contributed by atoms with Crippen LogP contribution in [0, 0.1) is 12.3 Å². The summed E-state index contributed by atoms with van der Waals surface area (Å²) in [5.74, 6) is 4.70. The van der Waals surface area contributed by atoms with Crippen molar-refractivity contribution in [3.05, 3.63) is 11.5 Å². The first-order valence-electron chi connectivity index (χ1n) is 5.40. The maximum atomic E-state index is 6.03. The monoisotopic (exact) mass is 205 g/mol. The van der Waals surface area contributed by atoms with Crippen LogP contribution in [0.4, 0.5) is 5.82 Å². The van der Waals surface area contributed by atoms with Gasteiger partial charge in [0.15, 0.2) is 0 Å². The van der Waals surface area contributed by atoms with E-state index in [1.54, 1.807) is 0 Å². The van der Waals surface area contributed by atoms with Crippen molar-refractivity contribution in [1.82, 2.24) is 9.55 Å². The third kappa shape index (κ3) is 2.33. The Kier molecular flexibility index (Phi) is 3.79. The smallest absolute Gasteiger partial charge is 0.127 e. The number of nitrogens with two attached hydrogens (primary N) is 1. The molecule has 3 heteroatoms. The summed E-state index contributed by atoms with van der Waals surface area (Å²) < 4.78 is 1.94. The first-order chi connectivity index (χ1) is 7.11. The molecule has 1 rings (SSSR count). The second-order valence-electron chi connectivity index (χ2n) is 3.99. The van der Waals surface area contributed by atoms with Crippen molar-refractivity contribution in [1.29, 1.82) is 0 Å². The number of anilines is 1. The summed E-state index contributed by atoms with van der Waals surface area (Å²) in [7, 11) is 0. The van der Waals surface area contributed by atoms with Crippen molar-refractivity contribution in [2.24, 2.45) is 0 Å². The normalized spacial score (nSPS) is 10.6. The van der Waals surface area contributed by atoms with Crippen molar-refractivity contribution in [2.45, 2.75) is 46.1 Å². The molecule has 1 heterocycles. The van der Waals surface area contributed by atoms with Crippen LogP contribution >= 0.6 is 0 Å². The van der Waals surface area contributed by atoms with E-state index in [0.29, 0.717) is 12.5 Å². The number of aromatic nitrogens is 2. The summed E-state index contributed by atoms with van der Waals surface area (Å²) >= 11 is 0. The van der Waals surface area contributed by atoms with E-state index in [2.05, 4.69) is 31.7 Å². The maximum Gasteiger partial charge on any atom is 0.127 e. The molecular weight excluding hydrogens is 186 g/mol. The van der Waals surface area contributed by atoms with Gasteiger partial charge in [0, 0.05) is 6.42 Å². The Labute approximate surface area is 91.7 Å². The Hall–Kier alpha value is -1.43. The highest BCUT2D eigenvalue weighted by molar-refractivity contribution is 5.40. The standard InChI is InChI=1S/C12H19N3/c1-5-7-10-14-11(9(3)4)12(13)15(10)8-6-2/h2,9H,5,7-8,13H2,1,3-4H3. The molecule has 2 N–H and O–H groups in total. The van der Waals surface area contributed by atoms with Crippen LogP contribution in [0.1, 0.15) is 44.6 Å². The van der Waals surface area contributed by atoms with Gasteiger partial charge in [0.25, 0.3) is 0 Å². The lowest BCUT2D eigenvalue weighted by molar-refractivity contribution is 0.731. The lowest BCUT2D eigenvalue weighted by Gasteiger charge is -2.05. The number of rotatable bonds is 4. The van der Waals surface area contributed by atoms with Crippen molar-refractivity contribution in [3.8, 4) is 12.3 Å². The van der Waals surface area contributed by atoms with Crippen LogP contribution in [-0.4, -0.2) is 9.55 Å². The SMILES string of the molecule is C#CCn1c(CCC)nc(C(C)C)c1N. The molecule has 0 amide bonds. The molecule has 0 fully saturated rings. The third-order valence-electron chi connectivity index (χ3n) is 2.38. The van der Waals surface area contributed by atoms with Crippen LogP contribution in [0.15, 0.2) is 0 Å². The second kappa shape index (κ2) is 4.88. The topological polar surface area (TPSA) is 43.8 Å². The van der Waals surface area contributed by atoms with Gasteiger partial charge in [-0.1, -0.05) is 26.7 Å². The van der Waals surface area contributed by atoms with Gasteiger partial charge in [-0.05, 0) is 12.3 Å². The van der Waals surface area contributed by atoms with Crippen LogP contribution in [0.25, 0.3) is 0 Å². The molecule has 0 radical (unpaired) electrons. The van der Waals surface area contributed by atoms with Crippen molar-refractivity contribution >= 4 is 5.82 Å². The molecule has 1 aromatic heterocycles. The van der Waals surface area contributed by atoms with Crippen LogP contribution in [0.3, 0.4) is 0 Å². The van der Waals surface area contributed by atoms with Gasteiger partial charge in [0.1, 0.15) is 11.6 Å². The van der Waals surface area contributed by atoms with E-state index in [9.17, 15) is 0 Å². The van der Waals surface area contributed by atoms with Crippen LogP contribution < -0.4 is 5.73 Å². The van der Waals surface area contributed by atoms with Gasteiger partial charge < -0.3 is 10.3 Å². The van der Waals surface area contributed by atoms with Crippen LogP contribution in [0.2, 0.25) is 0 Å². The minimum Gasteiger partial charge on any atom is -0.384 e. The second-order valence-corrected chi connectivity index (χ2v) is 3.99. The number of aryl methyl sites for hydroxylation is 1. The van der Waals surface area contributed by atoms with Gasteiger partial charge in [0.05, 0.1) is 12.2 Å². The zero-order valence-electron chi connectivity index (χ0n) is 9.75. The van der Waals surface area contributed by atoms with Gasteiger partial charge >= 0.3 is 0 Å². The molecule has 0 atom stereocenters. The van der Waals surface area contributed by atoms with Gasteiger partial charge in [-0.15, -0.1) is 6.42 Å². The van der Waals surface area contributed by atoms with Gasteiger partial charge in [-0.3, -0.25) is 0 Å². The predicted molar refractivity (Wildman–Crippen MR) is 63.6 cm³/mol. The average molecular weight is 205 g/mol. The number of imidazole rings is 1. The molecular formula is C12H19N3. The largest absolute Gasteiger partial charge is 0.384 e. The van der Waals surface area contributed by atoms with Crippen molar-refractivity contribution < 1.29 is 0 Å². The number of hydrogen-bond donors (Lipinski definition) is 1. The summed E-state index contributed by atoms with van der Waals surface area (Å²) in [5, 5.41) is 0. The predicted octanol–water partition coefficient (Wildman–Crippen LogP) is 2.17. The average Bonchev–Trinajstić information content (AvgIpc) is 2.47. The fraction of sp³-hybridized carbons (Fsp3) is 0.583. The first kappa shape index (κ1) is 11.6. The summed E-state index contributed by atoms with van der Waals surface area (Å²) in [5.41, 5.74) is 6.99. The summed E-state index contributed by atoms with van der Waals surface area (Å²) in [6, 6.07) is 0. The molecule has 0 bridgehead atoms. The van der Waals surface area contributed by atoms with Gasteiger partial charge in [0.2, 0.25) is 0 Å². The van der Waals surface area contributed by atoms with Crippen molar-refractivity contribution in [2.75, 3.05) is 5.73 Å². The van der Waals surface area contributed by atoms with E-state index in [0.717, 1.165) is 30.2 Å². The minimum absolute atomic E-state index is 0.347. The Morgan fingerprint density at radius 2 is 2.20 bits per heavy atom. The number of terminal acetylenes is 1. The zero-order valence-corrected chi connectivity index (χ0v) is 9.75. The highest BCUT2D eigenvalue weighted by atomic mass is 15.1. The molecule has 0 aliphatic heterocycles. The fourth-order valence-corrected chi connectivity index (χ4v) is 1.64. The Morgan fingerprint density at radius 1 is 1.53 bits per heavy atom. The Bertz CT molecular complexity index is 369. The van der Waals surface area contributed by atoms with Crippen molar-refractivity contribution in [3.63, 3.8) is 0 Å². The zero-order chi connectivity index (χ0) is 11.4. The lowest BCUT2D eigenvalue weighted by Crippen LogP contribution is -2.06. The molecule has 82 valence electrons. The summed E-state index contributed by atoms with van der Waals surface area (Å²) in [4.78, 5) is 4.56. The molecule has 0 aliphatic carbocycles. The molecule has 0 spiro atoms. The molecule has 15 heavy (non-hydrogen) atoms. The number of nitrogen functional groups attached to an aromatic ring is 1. The van der Waals surface area contributed by atoms with E-state index in [-0.39, 0.29) is 0 Å². The van der Waals surface area contributed by atoms with E-state index in [4.69, 9.17) is 12.2 Å². The van der Waals surface area contributed by atoms with Crippen LogP contribution in [0.5, 0.6) is 0 Å². The van der Waals surface area contributed by atoms with E-state index in [1.807, 2.05) is 4.57 Å². The molecule has 0 aliphatic rings. The Morgan fingerprint density at radius 3 is 2.67 bits per heavy atom. The van der Waals surface area contributed by atoms with Crippen LogP contribution in [-0.2, 0) is 13.0 Å². The third-order valence-corrected chi connectivity index (χ3v) is 2.38. The fourth-order valence-electron chi connectivity index (χ4n) is 1.64. The quantitative estimate of drug-likeness (QED) is 0.766. The Balaban J connectivity index is 3.15. The molecule has 3 nitrogen and oxygen atoms in total. The van der Waals surface area contributed by atoms with Gasteiger partial charge in [-0.2, -0.15) is 0 Å². The highest BCUT2D eigenvalue weighted by Gasteiger charge is 2.15. The van der Waals surface area contributed by atoms with E-state index >= 15 is 0 Å². The summed E-state index contributed by atoms with van der Waals surface area (Å²) in [6.07, 6.45) is 7.31. The highest BCUT2D eigenvalue weighted by Crippen LogP contribution is 2.23. The van der Waals surface area contributed by atoms with E-state index in [1.165, 1.54) is 0 Å². The molecule has 0 saturated carbocycles. The molecule has 0 unspecified atom stereocenters. The van der Waals surface area contributed by atoms with E-state index < -0.39 is 0 Å². The molecule has 0 saturated heterocycles. The maximum absolute atomic E-state index is 6.03. The summed E-state index contributed by atoms with van der Waals surface area (Å²) in [6.45, 7) is 6.82.